The summed E-state index contributed by atoms with van der Waals surface area (Å²) in [6, 6.07) is 6.92. The molecule has 1 unspecified atom stereocenters. The van der Waals surface area contributed by atoms with Crippen LogP contribution in [0.15, 0.2) is 28.8 Å². The summed E-state index contributed by atoms with van der Waals surface area (Å²) in [4.78, 5) is 0. The van der Waals surface area contributed by atoms with Gasteiger partial charge in [0.1, 0.15) is 11.5 Å². The Morgan fingerprint density at radius 1 is 1.43 bits per heavy atom. The fourth-order valence-electron chi connectivity index (χ4n) is 3.51. The van der Waals surface area contributed by atoms with Crippen molar-refractivity contribution in [3.05, 3.63) is 47.2 Å². The van der Waals surface area contributed by atoms with Gasteiger partial charge in [0.25, 0.3) is 0 Å². The smallest absolute Gasteiger partial charge is 0.109 e. The molecule has 0 saturated heterocycles. The Morgan fingerprint density at radius 2 is 2.24 bits per heavy atom. The predicted octanol–water partition coefficient (Wildman–Crippen LogP) is 4.21. The van der Waals surface area contributed by atoms with E-state index in [4.69, 9.17) is 4.42 Å². The molecule has 3 heteroatoms. The lowest BCUT2D eigenvalue weighted by molar-refractivity contribution is 0.233. The molecule has 0 spiro atoms. The number of fused-ring (bicyclic) bond motifs is 1. The lowest BCUT2D eigenvalue weighted by Crippen LogP contribution is -2.32. The maximum absolute atomic E-state index is 5.91. The molecule has 0 fully saturated rings. The number of aromatic nitrogens is 1. The molecule has 0 aromatic carbocycles. The fourth-order valence-corrected chi connectivity index (χ4v) is 3.51. The molecule has 1 aliphatic rings. The SMILES string of the molecule is CCn1cccc1CNC1CC(C)(C)Cc2oc(C)cc21. The second-order valence-electron chi connectivity index (χ2n) is 7.00. The topological polar surface area (TPSA) is 30.1 Å². The molecule has 0 amide bonds. The van der Waals surface area contributed by atoms with E-state index in [0.717, 1.165) is 31.7 Å². The predicted molar refractivity (Wildman–Crippen MR) is 85.2 cm³/mol. The van der Waals surface area contributed by atoms with Gasteiger partial charge in [-0.2, -0.15) is 0 Å². The van der Waals surface area contributed by atoms with Gasteiger partial charge in [-0.3, -0.25) is 0 Å². The quantitative estimate of drug-likeness (QED) is 0.912. The molecule has 2 heterocycles. The molecule has 0 bridgehead atoms. The normalized spacial score (nSPS) is 20.5. The molecular formula is C18H26N2O. The molecular weight excluding hydrogens is 260 g/mol. The molecule has 2 aromatic heterocycles. The molecule has 1 atom stereocenters. The van der Waals surface area contributed by atoms with Crippen molar-refractivity contribution in [3.63, 3.8) is 0 Å². The van der Waals surface area contributed by atoms with Crippen LogP contribution in [0, 0.1) is 12.3 Å². The molecule has 3 nitrogen and oxygen atoms in total. The summed E-state index contributed by atoms with van der Waals surface area (Å²) in [5.41, 5.74) is 3.01. The van der Waals surface area contributed by atoms with Gasteiger partial charge in [0, 0.05) is 43.0 Å². The van der Waals surface area contributed by atoms with E-state index < -0.39 is 0 Å². The number of rotatable bonds is 4. The average Bonchev–Trinajstić information content (AvgIpc) is 2.99. The highest BCUT2D eigenvalue weighted by Gasteiger charge is 2.34. The van der Waals surface area contributed by atoms with Gasteiger partial charge in [0.2, 0.25) is 0 Å². The van der Waals surface area contributed by atoms with Crippen LogP contribution in [0.2, 0.25) is 0 Å². The highest BCUT2D eigenvalue weighted by atomic mass is 16.3. The van der Waals surface area contributed by atoms with E-state index in [1.807, 2.05) is 6.92 Å². The van der Waals surface area contributed by atoms with E-state index in [1.165, 1.54) is 17.0 Å². The second-order valence-corrected chi connectivity index (χ2v) is 7.00. The number of hydrogen-bond donors (Lipinski definition) is 1. The van der Waals surface area contributed by atoms with Gasteiger partial charge < -0.3 is 14.3 Å². The van der Waals surface area contributed by atoms with E-state index in [1.54, 1.807) is 0 Å². The fraction of sp³-hybridized carbons (Fsp3) is 0.556. The monoisotopic (exact) mass is 286 g/mol. The standard InChI is InChI=1S/C18H26N2O/c1-5-20-8-6-7-14(20)12-19-16-10-18(3,4)11-17-15(16)9-13(2)21-17/h6-9,16,19H,5,10-12H2,1-4H3. The zero-order valence-corrected chi connectivity index (χ0v) is 13.6. The zero-order valence-electron chi connectivity index (χ0n) is 13.6. The largest absolute Gasteiger partial charge is 0.466 e. The lowest BCUT2D eigenvalue weighted by Gasteiger charge is -2.35. The first-order valence-corrected chi connectivity index (χ1v) is 7.95. The van der Waals surface area contributed by atoms with Gasteiger partial charge >= 0.3 is 0 Å². The minimum absolute atomic E-state index is 0.293. The van der Waals surface area contributed by atoms with Gasteiger partial charge in [-0.1, -0.05) is 13.8 Å². The van der Waals surface area contributed by atoms with Crippen molar-refractivity contribution in [2.45, 2.75) is 59.7 Å². The molecule has 2 aromatic rings. The maximum atomic E-state index is 5.91. The maximum Gasteiger partial charge on any atom is 0.109 e. The Hall–Kier alpha value is -1.48. The van der Waals surface area contributed by atoms with Crippen molar-refractivity contribution in [1.82, 2.24) is 9.88 Å². The van der Waals surface area contributed by atoms with Crippen molar-refractivity contribution < 1.29 is 4.42 Å². The van der Waals surface area contributed by atoms with Crippen LogP contribution in [0.3, 0.4) is 0 Å². The average molecular weight is 286 g/mol. The summed E-state index contributed by atoms with van der Waals surface area (Å²) in [5.74, 6) is 2.20. The number of nitrogens with one attached hydrogen (secondary N) is 1. The van der Waals surface area contributed by atoms with E-state index >= 15 is 0 Å². The highest BCUT2D eigenvalue weighted by molar-refractivity contribution is 5.29. The molecule has 3 rings (SSSR count). The van der Waals surface area contributed by atoms with Crippen molar-refractivity contribution >= 4 is 0 Å². The molecule has 0 radical (unpaired) electrons. The Morgan fingerprint density at radius 3 is 3.00 bits per heavy atom. The first-order valence-electron chi connectivity index (χ1n) is 7.95. The third-order valence-corrected chi connectivity index (χ3v) is 4.53. The van der Waals surface area contributed by atoms with E-state index in [-0.39, 0.29) is 0 Å². The number of hydrogen-bond acceptors (Lipinski definition) is 2. The molecule has 0 saturated carbocycles. The van der Waals surface area contributed by atoms with Crippen LogP contribution in [-0.2, 0) is 19.5 Å². The molecule has 1 aliphatic carbocycles. The van der Waals surface area contributed by atoms with Gasteiger partial charge in [-0.25, -0.2) is 0 Å². The van der Waals surface area contributed by atoms with Crippen LogP contribution in [0.4, 0.5) is 0 Å². The van der Waals surface area contributed by atoms with Gasteiger partial charge in [-0.05, 0) is 43.9 Å². The summed E-state index contributed by atoms with van der Waals surface area (Å²) < 4.78 is 8.20. The Labute approximate surface area is 127 Å². The van der Waals surface area contributed by atoms with Crippen LogP contribution in [-0.4, -0.2) is 4.57 Å². The third kappa shape index (κ3) is 2.93. The number of nitrogens with zero attached hydrogens (tertiary/aromatic N) is 1. The Bertz CT molecular complexity index is 621. The Balaban J connectivity index is 1.78. The van der Waals surface area contributed by atoms with Crippen molar-refractivity contribution in [1.29, 1.82) is 0 Å². The summed E-state index contributed by atoms with van der Waals surface area (Å²) >= 11 is 0. The minimum atomic E-state index is 0.293. The van der Waals surface area contributed by atoms with Crippen molar-refractivity contribution in [2.24, 2.45) is 5.41 Å². The Kier molecular flexibility index (Phi) is 3.70. The highest BCUT2D eigenvalue weighted by Crippen LogP contribution is 2.42. The summed E-state index contributed by atoms with van der Waals surface area (Å²) in [6.07, 6.45) is 4.35. The van der Waals surface area contributed by atoms with E-state index in [2.05, 4.69) is 55.1 Å². The van der Waals surface area contributed by atoms with Crippen LogP contribution in [0.5, 0.6) is 0 Å². The van der Waals surface area contributed by atoms with Gasteiger partial charge in [0.15, 0.2) is 0 Å². The van der Waals surface area contributed by atoms with E-state index in [0.29, 0.717) is 11.5 Å². The van der Waals surface area contributed by atoms with Gasteiger partial charge in [-0.15, -0.1) is 0 Å². The second kappa shape index (κ2) is 5.38. The van der Waals surface area contributed by atoms with Crippen LogP contribution in [0.25, 0.3) is 0 Å². The summed E-state index contributed by atoms with van der Waals surface area (Å²) in [6.45, 7) is 10.8. The molecule has 0 aliphatic heterocycles. The number of aryl methyl sites for hydroxylation is 2. The van der Waals surface area contributed by atoms with Crippen LogP contribution in [0.1, 0.15) is 56.0 Å². The summed E-state index contributed by atoms with van der Waals surface area (Å²) in [7, 11) is 0. The van der Waals surface area contributed by atoms with Gasteiger partial charge in [0.05, 0.1) is 0 Å². The zero-order chi connectivity index (χ0) is 15.0. The first-order chi connectivity index (χ1) is 9.98. The third-order valence-electron chi connectivity index (χ3n) is 4.53. The first kappa shape index (κ1) is 14.5. The molecule has 21 heavy (non-hydrogen) atoms. The summed E-state index contributed by atoms with van der Waals surface area (Å²) in [5, 5.41) is 3.74. The molecule has 1 N–H and O–H groups in total. The minimum Gasteiger partial charge on any atom is -0.466 e. The van der Waals surface area contributed by atoms with Crippen LogP contribution < -0.4 is 5.32 Å². The number of furan rings is 1. The lowest BCUT2D eigenvalue weighted by atomic mass is 9.74. The van der Waals surface area contributed by atoms with Crippen molar-refractivity contribution in [3.8, 4) is 0 Å². The van der Waals surface area contributed by atoms with Crippen LogP contribution >= 0.6 is 0 Å². The van der Waals surface area contributed by atoms with E-state index in [9.17, 15) is 0 Å². The van der Waals surface area contributed by atoms with Crippen molar-refractivity contribution in [2.75, 3.05) is 0 Å². The molecule has 114 valence electrons.